The number of ether oxygens (including phenoxy) is 1. The van der Waals surface area contributed by atoms with Crippen molar-refractivity contribution < 1.29 is 4.74 Å². The van der Waals surface area contributed by atoms with Crippen LogP contribution in [0.25, 0.3) is 0 Å². The molecule has 2 aromatic rings. The molecule has 21 heavy (non-hydrogen) atoms. The summed E-state index contributed by atoms with van der Waals surface area (Å²) in [7, 11) is 0. The van der Waals surface area contributed by atoms with E-state index in [2.05, 4.69) is 64.7 Å². The fourth-order valence-corrected chi connectivity index (χ4v) is 3.43. The smallest absolute Gasteiger partial charge is 0.124 e. The molecule has 1 aromatic heterocycles. The SMILES string of the molecule is CCCNC(c1csc(Br)c1)c1ccccc1OCCC. The Hall–Kier alpha value is -0.840. The predicted octanol–water partition coefficient (Wildman–Crippen LogP) is 5.39. The Kier molecular flexibility index (Phi) is 6.74. The Morgan fingerprint density at radius 2 is 2.05 bits per heavy atom. The van der Waals surface area contributed by atoms with Crippen molar-refractivity contribution in [3.63, 3.8) is 0 Å². The van der Waals surface area contributed by atoms with E-state index in [-0.39, 0.29) is 6.04 Å². The molecule has 1 unspecified atom stereocenters. The van der Waals surface area contributed by atoms with Gasteiger partial charge in [-0.2, -0.15) is 0 Å². The zero-order valence-electron chi connectivity index (χ0n) is 12.6. The van der Waals surface area contributed by atoms with Crippen LogP contribution in [0.1, 0.15) is 43.9 Å². The van der Waals surface area contributed by atoms with Crippen LogP contribution in [-0.4, -0.2) is 13.2 Å². The number of halogens is 1. The highest BCUT2D eigenvalue weighted by atomic mass is 79.9. The normalized spacial score (nSPS) is 12.3. The van der Waals surface area contributed by atoms with Crippen molar-refractivity contribution in [1.29, 1.82) is 0 Å². The van der Waals surface area contributed by atoms with Gasteiger partial charge in [0.25, 0.3) is 0 Å². The Bertz CT molecular complexity index is 555. The lowest BCUT2D eigenvalue weighted by atomic mass is 10.00. The molecule has 0 radical (unpaired) electrons. The molecule has 0 amide bonds. The number of benzene rings is 1. The monoisotopic (exact) mass is 367 g/mol. The standard InChI is InChI=1S/C17H22BrNOS/c1-3-9-19-17(13-11-16(18)21-12-13)14-7-5-6-8-15(14)20-10-4-2/h5-8,11-12,17,19H,3-4,9-10H2,1-2H3. The largest absolute Gasteiger partial charge is 0.493 e. The number of hydrogen-bond donors (Lipinski definition) is 1. The van der Waals surface area contributed by atoms with E-state index >= 15 is 0 Å². The van der Waals surface area contributed by atoms with Gasteiger partial charge in [0.1, 0.15) is 5.75 Å². The van der Waals surface area contributed by atoms with Crippen molar-refractivity contribution >= 4 is 27.3 Å². The van der Waals surface area contributed by atoms with Gasteiger partial charge in [-0.15, -0.1) is 11.3 Å². The molecule has 2 rings (SSSR count). The lowest BCUT2D eigenvalue weighted by Gasteiger charge is -2.21. The Balaban J connectivity index is 2.31. The van der Waals surface area contributed by atoms with E-state index < -0.39 is 0 Å². The Labute approximate surface area is 139 Å². The molecule has 0 aliphatic heterocycles. The first-order valence-corrected chi connectivity index (χ1v) is 9.12. The Morgan fingerprint density at radius 3 is 2.71 bits per heavy atom. The molecule has 0 aliphatic carbocycles. The summed E-state index contributed by atoms with van der Waals surface area (Å²) in [5.74, 6) is 0.982. The van der Waals surface area contributed by atoms with Crippen LogP contribution in [0.15, 0.2) is 39.5 Å². The molecular weight excluding hydrogens is 346 g/mol. The lowest BCUT2D eigenvalue weighted by molar-refractivity contribution is 0.311. The summed E-state index contributed by atoms with van der Waals surface area (Å²) >= 11 is 5.28. The highest BCUT2D eigenvalue weighted by molar-refractivity contribution is 9.11. The maximum absolute atomic E-state index is 5.93. The summed E-state index contributed by atoms with van der Waals surface area (Å²) in [6, 6.07) is 10.7. The van der Waals surface area contributed by atoms with E-state index in [1.807, 2.05) is 6.07 Å². The summed E-state index contributed by atoms with van der Waals surface area (Å²) in [6.45, 7) is 6.06. The molecular formula is C17H22BrNOS. The van der Waals surface area contributed by atoms with Crippen molar-refractivity contribution in [2.75, 3.05) is 13.2 Å². The van der Waals surface area contributed by atoms with Crippen LogP contribution < -0.4 is 10.1 Å². The number of para-hydroxylation sites is 1. The maximum atomic E-state index is 5.93. The van der Waals surface area contributed by atoms with Crippen molar-refractivity contribution in [3.8, 4) is 5.75 Å². The summed E-state index contributed by atoms with van der Waals surface area (Å²) in [5, 5.41) is 5.84. The molecule has 1 heterocycles. The van der Waals surface area contributed by atoms with E-state index in [0.29, 0.717) is 0 Å². The molecule has 114 valence electrons. The zero-order valence-corrected chi connectivity index (χ0v) is 15.0. The molecule has 2 nitrogen and oxygen atoms in total. The third-order valence-corrected chi connectivity index (χ3v) is 4.73. The fraction of sp³-hybridized carbons (Fsp3) is 0.412. The second-order valence-electron chi connectivity index (χ2n) is 4.96. The highest BCUT2D eigenvalue weighted by Gasteiger charge is 2.18. The average molecular weight is 368 g/mol. The number of hydrogen-bond acceptors (Lipinski definition) is 3. The summed E-state index contributed by atoms with van der Waals surface area (Å²) in [4.78, 5) is 0. The second-order valence-corrected chi connectivity index (χ2v) is 7.25. The number of nitrogens with one attached hydrogen (secondary N) is 1. The number of thiophene rings is 1. The minimum atomic E-state index is 0.181. The van der Waals surface area contributed by atoms with Crippen LogP contribution in [-0.2, 0) is 0 Å². The average Bonchev–Trinajstić information content (AvgIpc) is 2.93. The van der Waals surface area contributed by atoms with Crippen molar-refractivity contribution in [2.24, 2.45) is 0 Å². The van der Waals surface area contributed by atoms with Crippen molar-refractivity contribution in [1.82, 2.24) is 5.32 Å². The molecule has 1 atom stereocenters. The number of rotatable bonds is 8. The van der Waals surface area contributed by atoms with Crippen molar-refractivity contribution in [3.05, 3.63) is 50.6 Å². The molecule has 0 fully saturated rings. The van der Waals surface area contributed by atoms with Gasteiger partial charge in [-0.25, -0.2) is 0 Å². The first-order chi connectivity index (χ1) is 10.3. The molecule has 0 bridgehead atoms. The van der Waals surface area contributed by atoms with Gasteiger partial charge in [-0.3, -0.25) is 0 Å². The maximum Gasteiger partial charge on any atom is 0.124 e. The molecule has 0 saturated carbocycles. The quantitative estimate of drug-likeness (QED) is 0.675. The predicted molar refractivity (Wildman–Crippen MR) is 94.4 cm³/mol. The molecule has 1 N–H and O–H groups in total. The summed E-state index contributed by atoms with van der Waals surface area (Å²) in [6.07, 6.45) is 2.13. The molecule has 1 aromatic carbocycles. The second kappa shape index (κ2) is 8.57. The fourth-order valence-electron chi connectivity index (χ4n) is 2.23. The van der Waals surface area contributed by atoms with E-state index in [1.54, 1.807) is 11.3 Å². The van der Waals surface area contributed by atoms with Crippen LogP contribution in [0.4, 0.5) is 0 Å². The van der Waals surface area contributed by atoms with Crippen molar-refractivity contribution in [2.45, 2.75) is 32.7 Å². The Morgan fingerprint density at radius 1 is 1.24 bits per heavy atom. The molecule has 0 spiro atoms. The molecule has 4 heteroatoms. The van der Waals surface area contributed by atoms with Crippen LogP contribution in [0.2, 0.25) is 0 Å². The zero-order chi connectivity index (χ0) is 15.1. The molecule has 0 saturated heterocycles. The first kappa shape index (κ1) is 16.5. The van der Waals surface area contributed by atoms with Crippen LogP contribution in [0.3, 0.4) is 0 Å². The summed E-state index contributed by atoms with van der Waals surface area (Å²) in [5.41, 5.74) is 2.50. The lowest BCUT2D eigenvalue weighted by Crippen LogP contribution is -2.23. The third kappa shape index (κ3) is 4.56. The van der Waals surface area contributed by atoms with Gasteiger partial charge in [-0.05, 0) is 58.4 Å². The van der Waals surface area contributed by atoms with Gasteiger partial charge in [-0.1, -0.05) is 32.0 Å². The van der Waals surface area contributed by atoms with Crippen LogP contribution >= 0.6 is 27.3 Å². The minimum absolute atomic E-state index is 0.181. The van der Waals surface area contributed by atoms with E-state index in [1.165, 1.54) is 11.1 Å². The summed E-state index contributed by atoms with van der Waals surface area (Å²) < 4.78 is 7.09. The van der Waals surface area contributed by atoms with Gasteiger partial charge in [0.2, 0.25) is 0 Å². The van der Waals surface area contributed by atoms with Gasteiger partial charge < -0.3 is 10.1 Å². The van der Waals surface area contributed by atoms with Gasteiger partial charge in [0.05, 0.1) is 16.4 Å². The van der Waals surface area contributed by atoms with Crippen LogP contribution in [0, 0.1) is 0 Å². The topological polar surface area (TPSA) is 21.3 Å². The minimum Gasteiger partial charge on any atom is -0.493 e. The first-order valence-electron chi connectivity index (χ1n) is 7.45. The van der Waals surface area contributed by atoms with Crippen LogP contribution in [0.5, 0.6) is 5.75 Å². The van der Waals surface area contributed by atoms with E-state index in [0.717, 1.165) is 35.5 Å². The van der Waals surface area contributed by atoms with E-state index in [9.17, 15) is 0 Å². The van der Waals surface area contributed by atoms with E-state index in [4.69, 9.17) is 4.74 Å². The van der Waals surface area contributed by atoms with Gasteiger partial charge in [0.15, 0.2) is 0 Å². The van der Waals surface area contributed by atoms with Gasteiger partial charge >= 0.3 is 0 Å². The third-order valence-electron chi connectivity index (χ3n) is 3.21. The van der Waals surface area contributed by atoms with Gasteiger partial charge in [0, 0.05) is 5.56 Å². The highest BCUT2D eigenvalue weighted by Crippen LogP contribution is 2.33. The molecule has 0 aliphatic rings.